The third-order valence-electron chi connectivity index (χ3n) is 9.48. The van der Waals surface area contributed by atoms with Gasteiger partial charge in [0.1, 0.15) is 23.2 Å². The molecular weight excluding hydrogens is 725 g/mol. The van der Waals surface area contributed by atoms with Gasteiger partial charge in [0.25, 0.3) is 11.8 Å². The third-order valence-corrected chi connectivity index (χ3v) is 9.48. The Hall–Kier alpha value is -6.82. The maximum absolute atomic E-state index is 13.0. The Bertz CT molecular complexity index is 2510. The summed E-state index contributed by atoms with van der Waals surface area (Å²) in [5, 5.41) is 15.3. The van der Waals surface area contributed by atoms with Gasteiger partial charge in [-0.1, -0.05) is 113 Å². The van der Waals surface area contributed by atoms with E-state index in [1.54, 1.807) is 58.2 Å². The van der Waals surface area contributed by atoms with E-state index in [9.17, 15) is 33.9 Å². The molecule has 2 atom stereocenters. The second-order valence-corrected chi connectivity index (χ2v) is 14.3. The van der Waals surface area contributed by atoms with Gasteiger partial charge in [-0.2, -0.15) is 0 Å². The van der Waals surface area contributed by atoms with Crippen molar-refractivity contribution in [1.29, 1.82) is 0 Å². The van der Waals surface area contributed by atoms with Crippen LogP contribution in [0, 0.1) is 11.8 Å². The van der Waals surface area contributed by atoms with E-state index < -0.39 is 41.3 Å². The Kier molecular flexibility index (Phi) is 13.5. The van der Waals surface area contributed by atoms with Gasteiger partial charge in [-0.15, -0.1) is 0 Å². The lowest BCUT2D eigenvalue weighted by atomic mass is 10.0. The van der Waals surface area contributed by atoms with Gasteiger partial charge >= 0.3 is 11.9 Å². The van der Waals surface area contributed by atoms with Crippen LogP contribution in [0.3, 0.4) is 0 Å². The van der Waals surface area contributed by atoms with Gasteiger partial charge in [-0.05, 0) is 47.2 Å². The van der Waals surface area contributed by atoms with Crippen LogP contribution in [0.2, 0.25) is 0 Å². The zero-order valence-corrected chi connectivity index (χ0v) is 32.5. The molecule has 0 fully saturated rings. The first-order chi connectivity index (χ1) is 27.3. The maximum atomic E-state index is 13.0. The molecule has 0 bridgehead atoms. The first kappa shape index (κ1) is 41.3. The summed E-state index contributed by atoms with van der Waals surface area (Å²) in [7, 11) is 1.27. The van der Waals surface area contributed by atoms with Crippen LogP contribution in [0.15, 0.2) is 131 Å². The number of hydrogen-bond donors (Lipinski definition) is 3. The van der Waals surface area contributed by atoms with E-state index in [0.717, 1.165) is 16.6 Å². The topological polar surface area (TPSA) is 166 Å². The van der Waals surface area contributed by atoms with Crippen molar-refractivity contribution in [2.45, 2.75) is 52.9 Å². The SMILES string of the molecule is CC(C)[C@H](NC(=O)c1cn(Cc2ccccc2)c2ccccc2c1=O)C(=O)O.COC(=O)[C@@H](NC(=O)c1cn(Cc2ccccc2)c2ccccc2c1=O)C(C)C. The van der Waals surface area contributed by atoms with Gasteiger partial charge in [0, 0.05) is 36.3 Å². The van der Waals surface area contributed by atoms with Crippen molar-refractivity contribution < 1.29 is 29.0 Å². The molecule has 0 aliphatic rings. The van der Waals surface area contributed by atoms with Crippen molar-refractivity contribution in [2.24, 2.45) is 11.8 Å². The van der Waals surface area contributed by atoms with Crippen molar-refractivity contribution in [3.05, 3.63) is 164 Å². The molecular formula is C45H46N4O8. The number of esters is 1. The number of aromatic nitrogens is 2. The molecule has 12 heteroatoms. The zero-order valence-electron chi connectivity index (χ0n) is 32.5. The molecule has 0 spiro atoms. The van der Waals surface area contributed by atoms with Crippen molar-refractivity contribution in [1.82, 2.24) is 19.8 Å². The smallest absolute Gasteiger partial charge is 0.328 e. The normalized spacial score (nSPS) is 12.1. The number of ether oxygens (including phenoxy) is 1. The molecule has 0 unspecified atom stereocenters. The monoisotopic (exact) mass is 770 g/mol. The summed E-state index contributed by atoms with van der Waals surface area (Å²) in [5.41, 5.74) is 2.67. The number of carbonyl (C=O) groups excluding carboxylic acids is 3. The van der Waals surface area contributed by atoms with Crippen LogP contribution in [0.1, 0.15) is 59.5 Å². The zero-order chi connectivity index (χ0) is 41.2. The van der Waals surface area contributed by atoms with E-state index in [2.05, 4.69) is 10.6 Å². The predicted molar refractivity (Wildman–Crippen MR) is 219 cm³/mol. The van der Waals surface area contributed by atoms with Crippen LogP contribution in [0.5, 0.6) is 0 Å². The number of amides is 2. The van der Waals surface area contributed by atoms with Crippen LogP contribution in [0.4, 0.5) is 0 Å². The molecule has 12 nitrogen and oxygen atoms in total. The summed E-state index contributed by atoms with van der Waals surface area (Å²) in [6.45, 7) is 7.99. The van der Waals surface area contributed by atoms with Crippen LogP contribution in [-0.4, -0.2) is 57.2 Å². The highest BCUT2D eigenvalue weighted by Gasteiger charge is 2.28. The molecule has 4 aromatic carbocycles. The summed E-state index contributed by atoms with van der Waals surface area (Å²) < 4.78 is 8.49. The average Bonchev–Trinajstić information content (AvgIpc) is 3.21. The second-order valence-electron chi connectivity index (χ2n) is 14.3. The predicted octanol–water partition coefficient (Wildman–Crippen LogP) is 5.87. The van der Waals surface area contributed by atoms with Gasteiger partial charge in [0.2, 0.25) is 10.9 Å². The first-order valence-corrected chi connectivity index (χ1v) is 18.5. The molecule has 0 saturated carbocycles. The lowest BCUT2D eigenvalue weighted by Crippen LogP contribution is -2.46. The molecule has 2 amide bonds. The van der Waals surface area contributed by atoms with Crippen molar-refractivity contribution in [3.8, 4) is 0 Å². The number of aliphatic carboxylic acids is 1. The number of rotatable bonds is 12. The lowest BCUT2D eigenvalue weighted by Gasteiger charge is -2.20. The molecule has 2 aromatic heterocycles. The van der Waals surface area contributed by atoms with Crippen LogP contribution in [0.25, 0.3) is 21.8 Å². The highest BCUT2D eigenvalue weighted by Crippen LogP contribution is 2.17. The Morgan fingerprint density at radius 3 is 1.32 bits per heavy atom. The van der Waals surface area contributed by atoms with Crippen molar-refractivity contribution in [3.63, 3.8) is 0 Å². The highest BCUT2D eigenvalue weighted by molar-refractivity contribution is 6.00. The molecule has 294 valence electrons. The molecule has 0 aliphatic carbocycles. The van der Waals surface area contributed by atoms with Crippen molar-refractivity contribution in [2.75, 3.05) is 7.11 Å². The Labute approximate surface area is 329 Å². The summed E-state index contributed by atoms with van der Waals surface area (Å²) in [6.07, 6.45) is 3.06. The minimum absolute atomic E-state index is 0.00539. The summed E-state index contributed by atoms with van der Waals surface area (Å²) in [4.78, 5) is 74.9. The van der Waals surface area contributed by atoms with Crippen LogP contribution >= 0.6 is 0 Å². The Morgan fingerprint density at radius 2 is 0.947 bits per heavy atom. The number of benzene rings is 4. The lowest BCUT2D eigenvalue weighted by molar-refractivity contribution is -0.144. The minimum atomic E-state index is -1.13. The van der Waals surface area contributed by atoms with Gasteiger partial charge in [0.15, 0.2) is 0 Å². The number of carboxylic acid groups (broad SMARTS) is 1. The standard InChI is InChI=1S/C23H24N2O4.C22H22N2O4/c1-15(2)20(23(28)29-3)24-22(27)18-14-25(13-16-9-5-4-6-10-16)19-12-8-7-11-17(19)21(18)26;1-14(2)19(22(27)28)23-21(26)17-13-24(12-15-8-4-3-5-9-15)18-11-7-6-10-16(18)20(17)25/h4-12,14-15,20H,13H2,1-3H3,(H,24,27);3-11,13-14,19H,12H2,1-2H3,(H,23,26)(H,27,28)/t20-;19-/m00/s1. The number of hydrogen-bond acceptors (Lipinski definition) is 7. The van der Waals surface area contributed by atoms with E-state index in [4.69, 9.17) is 4.74 Å². The van der Waals surface area contributed by atoms with Gasteiger partial charge < -0.3 is 29.6 Å². The quantitative estimate of drug-likeness (QED) is 0.130. The van der Waals surface area contributed by atoms with Gasteiger partial charge in [0.05, 0.1) is 18.1 Å². The van der Waals surface area contributed by atoms with Gasteiger partial charge in [-0.3, -0.25) is 19.2 Å². The van der Waals surface area contributed by atoms with E-state index in [1.807, 2.05) is 94.1 Å². The summed E-state index contributed by atoms with van der Waals surface area (Å²) in [5.74, 6) is -3.44. The first-order valence-electron chi connectivity index (χ1n) is 18.5. The minimum Gasteiger partial charge on any atom is -0.480 e. The van der Waals surface area contributed by atoms with Crippen LogP contribution in [-0.2, 0) is 27.4 Å². The highest BCUT2D eigenvalue weighted by atomic mass is 16.5. The summed E-state index contributed by atoms with van der Waals surface area (Å²) >= 11 is 0. The molecule has 6 rings (SSSR count). The maximum Gasteiger partial charge on any atom is 0.328 e. The van der Waals surface area contributed by atoms with Crippen molar-refractivity contribution >= 4 is 45.6 Å². The van der Waals surface area contributed by atoms with Crippen LogP contribution < -0.4 is 21.5 Å². The van der Waals surface area contributed by atoms with E-state index in [-0.39, 0.29) is 28.4 Å². The fourth-order valence-electron chi connectivity index (χ4n) is 6.41. The molecule has 0 aliphatic heterocycles. The molecule has 6 aromatic rings. The fourth-order valence-corrected chi connectivity index (χ4v) is 6.41. The van der Waals surface area contributed by atoms with Gasteiger partial charge in [-0.25, -0.2) is 9.59 Å². The number of carbonyl (C=O) groups is 4. The third kappa shape index (κ3) is 9.90. The molecule has 2 heterocycles. The van der Waals surface area contributed by atoms with E-state index in [1.165, 1.54) is 13.3 Å². The Balaban J connectivity index is 0.000000218. The van der Waals surface area contributed by atoms with E-state index in [0.29, 0.717) is 29.4 Å². The number of para-hydroxylation sites is 2. The molecule has 57 heavy (non-hydrogen) atoms. The Morgan fingerprint density at radius 1 is 0.579 bits per heavy atom. The summed E-state index contributed by atoms with van der Waals surface area (Å²) in [6, 6.07) is 31.8. The molecule has 0 saturated heterocycles. The number of nitrogens with zero attached hydrogens (tertiary/aromatic N) is 2. The largest absolute Gasteiger partial charge is 0.480 e. The molecule has 0 radical (unpaired) electrons. The molecule has 3 N–H and O–H groups in total. The number of carboxylic acids is 1. The fraction of sp³-hybridized carbons (Fsp3) is 0.244. The number of nitrogens with one attached hydrogen (secondary N) is 2. The number of fused-ring (bicyclic) bond motifs is 2. The second kappa shape index (κ2) is 18.7. The number of methoxy groups -OCH3 is 1. The average molecular weight is 771 g/mol. The number of pyridine rings is 2. The van der Waals surface area contributed by atoms with E-state index >= 15 is 0 Å².